The predicted molar refractivity (Wildman–Crippen MR) is 147 cm³/mol. The van der Waals surface area contributed by atoms with Crippen LogP contribution in [0.15, 0.2) is 47.9 Å². The van der Waals surface area contributed by atoms with E-state index >= 15 is 0 Å². The van der Waals surface area contributed by atoms with Gasteiger partial charge in [-0.3, -0.25) is 19.9 Å². The third kappa shape index (κ3) is 6.32. The van der Waals surface area contributed by atoms with Crippen LogP contribution in [0, 0.1) is 5.92 Å². The normalized spacial score (nSPS) is 17.2. The number of anilines is 2. The van der Waals surface area contributed by atoms with E-state index in [2.05, 4.69) is 46.5 Å². The summed E-state index contributed by atoms with van der Waals surface area (Å²) in [7, 11) is 3.83. The molecule has 0 aromatic carbocycles. The van der Waals surface area contributed by atoms with Crippen LogP contribution in [0.5, 0.6) is 0 Å². The van der Waals surface area contributed by atoms with E-state index in [0.717, 1.165) is 62.0 Å². The Balaban J connectivity index is 1.10. The van der Waals surface area contributed by atoms with E-state index in [4.69, 9.17) is 0 Å². The third-order valence-electron chi connectivity index (χ3n) is 6.40. The number of nitrogens with zero attached hydrogens (tertiary/aromatic N) is 7. The van der Waals surface area contributed by atoms with Crippen molar-refractivity contribution in [2.24, 2.45) is 5.92 Å². The molecule has 3 aromatic rings. The van der Waals surface area contributed by atoms with Gasteiger partial charge < -0.3 is 15.1 Å². The van der Waals surface area contributed by atoms with Gasteiger partial charge in [-0.05, 0) is 66.9 Å². The topological polar surface area (TPSA) is 129 Å². The molecule has 12 heteroatoms. The fourth-order valence-corrected chi connectivity index (χ4v) is 5.00. The predicted octanol–water partition coefficient (Wildman–Crippen LogP) is 2.72. The maximum atomic E-state index is 11.8. The zero-order chi connectivity index (χ0) is 26.5. The molecule has 0 bridgehead atoms. The van der Waals surface area contributed by atoms with Gasteiger partial charge in [-0.1, -0.05) is 0 Å². The molecule has 0 radical (unpaired) electrons. The SMILES string of the molecule is CN(C)c1ncc(-c2cc(CNCC3CCN(c4nccc(/C=C5/SC(=O)NC5=O)n4)CC3)ccn2)cn1. The molecule has 2 aliphatic rings. The van der Waals surface area contributed by atoms with E-state index in [0.29, 0.717) is 28.4 Å². The first-order valence-corrected chi connectivity index (χ1v) is 13.2. The molecule has 5 heterocycles. The molecule has 5 rings (SSSR count). The van der Waals surface area contributed by atoms with E-state index in [-0.39, 0.29) is 11.1 Å². The molecule has 2 saturated heterocycles. The number of imide groups is 1. The Hall–Kier alpha value is -3.90. The highest BCUT2D eigenvalue weighted by atomic mass is 32.2. The standard InChI is InChI=1S/C26H29N9O2S/c1-34(2)24-30-15-19(16-31-24)21-11-18(3-7-28-21)14-27-13-17-5-9-35(10-6-17)25-29-8-4-20(32-25)12-22-23(36)33-26(37)38-22/h3-4,7-8,11-12,15-17,27H,5-6,9-10,13-14H2,1-2H3,(H,33,36,37)/b22-12+. The first-order chi connectivity index (χ1) is 18.4. The lowest BCUT2D eigenvalue weighted by molar-refractivity contribution is -0.115. The number of thioether (sulfide) groups is 1. The zero-order valence-electron chi connectivity index (χ0n) is 21.3. The fraction of sp³-hybridized carbons (Fsp3) is 0.346. The summed E-state index contributed by atoms with van der Waals surface area (Å²) in [6.45, 7) is 3.42. The van der Waals surface area contributed by atoms with Gasteiger partial charge in [0.05, 0.1) is 16.3 Å². The van der Waals surface area contributed by atoms with Gasteiger partial charge in [0.1, 0.15) is 0 Å². The summed E-state index contributed by atoms with van der Waals surface area (Å²) < 4.78 is 0. The molecule has 2 fully saturated rings. The number of nitrogens with one attached hydrogen (secondary N) is 2. The van der Waals surface area contributed by atoms with Gasteiger partial charge in [0, 0.05) is 64.1 Å². The summed E-state index contributed by atoms with van der Waals surface area (Å²) in [5, 5.41) is 5.49. The Morgan fingerprint density at radius 1 is 1.11 bits per heavy atom. The lowest BCUT2D eigenvalue weighted by Gasteiger charge is -2.32. The van der Waals surface area contributed by atoms with E-state index in [9.17, 15) is 9.59 Å². The van der Waals surface area contributed by atoms with Crippen molar-refractivity contribution in [2.75, 3.05) is 43.5 Å². The zero-order valence-corrected chi connectivity index (χ0v) is 22.1. The summed E-state index contributed by atoms with van der Waals surface area (Å²) in [6, 6.07) is 5.84. The number of hydrogen-bond acceptors (Lipinski definition) is 11. The molecule has 0 unspecified atom stereocenters. The maximum Gasteiger partial charge on any atom is 0.290 e. The molecule has 38 heavy (non-hydrogen) atoms. The molecule has 2 amide bonds. The van der Waals surface area contributed by atoms with E-state index in [1.165, 1.54) is 5.56 Å². The second-order valence-corrected chi connectivity index (χ2v) is 10.4. The average Bonchev–Trinajstić information content (AvgIpc) is 3.25. The molecule has 196 valence electrons. The van der Waals surface area contributed by atoms with Gasteiger partial charge in [-0.2, -0.15) is 0 Å². The Morgan fingerprint density at radius 3 is 2.58 bits per heavy atom. The smallest absolute Gasteiger partial charge is 0.290 e. The van der Waals surface area contributed by atoms with Crippen molar-refractivity contribution in [3.8, 4) is 11.3 Å². The van der Waals surface area contributed by atoms with Crippen LogP contribution in [0.2, 0.25) is 0 Å². The van der Waals surface area contributed by atoms with Crippen LogP contribution >= 0.6 is 11.8 Å². The van der Waals surface area contributed by atoms with E-state index in [1.54, 1.807) is 30.7 Å². The van der Waals surface area contributed by atoms with Crippen molar-refractivity contribution in [3.05, 3.63) is 59.1 Å². The number of rotatable bonds is 8. The van der Waals surface area contributed by atoms with Crippen LogP contribution in [-0.2, 0) is 11.3 Å². The molecule has 2 N–H and O–H groups in total. The van der Waals surface area contributed by atoms with Gasteiger partial charge >= 0.3 is 0 Å². The van der Waals surface area contributed by atoms with Gasteiger partial charge in [-0.25, -0.2) is 19.9 Å². The number of carbonyl (C=O) groups excluding carboxylic acids is 2. The van der Waals surface area contributed by atoms with E-state index < -0.39 is 0 Å². The third-order valence-corrected chi connectivity index (χ3v) is 7.21. The second kappa shape index (κ2) is 11.7. The van der Waals surface area contributed by atoms with Gasteiger partial charge in [0.2, 0.25) is 11.9 Å². The quantitative estimate of drug-likeness (QED) is 0.416. The van der Waals surface area contributed by atoms with E-state index in [1.807, 2.05) is 31.3 Å². The number of piperidine rings is 1. The number of carbonyl (C=O) groups is 2. The highest BCUT2D eigenvalue weighted by Crippen LogP contribution is 2.26. The largest absolute Gasteiger partial charge is 0.347 e. The monoisotopic (exact) mass is 531 g/mol. The Kier molecular flexibility index (Phi) is 7.89. The molecule has 0 spiro atoms. The summed E-state index contributed by atoms with van der Waals surface area (Å²) in [5.41, 5.74) is 3.54. The van der Waals surface area contributed by atoms with Gasteiger partial charge in [0.25, 0.3) is 11.1 Å². The Morgan fingerprint density at radius 2 is 1.87 bits per heavy atom. The number of hydrogen-bond donors (Lipinski definition) is 2. The minimum atomic E-state index is -0.385. The molecule has 2 aliphatic heterocycles. The lowest BCUT2D eigenvalue weighted by Crippen LogP contribution is -2.38. The van der Waals surface area contributed by atoms with Crippen molar-refractivity contribution in [2.45, 2.75) is 19.4 Å². The van der Waals surface area contributed by atoms with Crippen molar-refractivity contribution in [3.63, 3.8) is 0 Å². The first kappa shape index (κ1) is 25.7. The van der Waals surface area contributed by atoms with Crippen LogP contribution < -0.4 is 20.4 Å². The first-order valence-electron chi connectivity index (χ1n) is 12.4. The molecular weight excluding hydrogens is 502 g/mol. The van der Waals surface area contributed by atoms with Crippen molar-refractivity contribution in [1.29, 1.82) is 0 Å². The van der Waals surface area contributed by atoms with Crippen LogP contribution in [0.1, 0.15) is 24.1 Å². The van der Waals surface area contributed by atoms with Crippen molar-refractivity contribution < 1.29 is 9.59 Å². The number of pyridine rings is 1. The summed E-state index contributed by atoms with van der Waals surface area (Å²) in [4.78, 5) is 49.9. The second-order valence-electron chi connectivity index (χ2n) is 9.41. The molecule has 0 saturated carbocycles. The number of aromatic nitrogens is 5. The fourth-order valence-electron chi connectivity index (χ4n) is 4.33. The summed E-state index contributed by atoms with van der Waals surface area (Å²) >= 11 is 0.887. The minimum absolute atomic E-state index is 0.348. The molecule has 0 aliphatic carbocycles. The summed E-state index contributed by atoms with van der Waals surface area (Å²) in [5.74, 6) is 1.50. The Labute approximate surface area is 225 Å². The van der Waals surface area contributed by atoms with Crippen molar-refractivity contribution in [1.82, 2.24) is 35.6 Å². The highest BCUT2D eigenvalue weighted by molar-refractivity contribution is 8.18. The average molecular weight is 532 g/mol. The van der Waals surface area contributed by atoms with Crippen LogP contribution in [0.25, 0.3) is 17.3 Å². The molecular formula is C26H29N9O2S. The molecule has 11 nitrogen and oxygen atoms in total. The van der Waals surface area contributed by atoms with Crippen LogP contribution in [-0.4, -0.2) is 69.8 Å². The van der Waals surface area contributed by atoms with Crippen molar-refractivity contribution >= 4 is 40.9 Å². The van der Waals surface area contributed by atoms with Crippen LogP contribution in [0.4, 0.5) is 16.7 Å². The van der Waals surface area contributed by atoms with Crippen LogP contribution in [0.3, 0.4) is 0 Å². The molecule has 3 aromatic heterocycles. The maximum absolute atomic E-state index is 11.8. The summed E-state index contributed by atoms with van der Waals surface area (Å²) in [6.07, 6.45) is 10.8. The molecule has 0 atom stereocenters. The Bertz CT molecular complexity index is 1340. The lowest BCUT2D eigenvalue weighted by atomic mass is 9.97. The minimum Gasteiger partial charge on any atom is -0.347 e. The van der Waals surface area contributed by atoms with Gasteiger partial charge in [0.15, 0.2) is 0 Å². The number of amides is 2. The van der Waals surface area contributed by atoms with Gasteiger partial charge in [-0.15, -0.1) is 0 Å². The highest BCUT2D eigenvalue weighted by Gasteiger charge is 2.25.